The summed E-state index contributed by atoms with van der Waals surface area (Å²) in [7, 11) is 0. The van der Waals surface area contributed by atoms with Gasteiger partial charge in [0.25, 0.3) is 0 Å². The van der Waals surface area contributed by atoms with Crippen molar-refractivity contribution in [2.45, 2.75) is 13.8 Å². The Kier molecular flexibility index (Phi) is 5.53. The highest BCUT2D eigenvalue weighted by molar-refractivity contribution is 6.30. The summed E-state index contributed by atoms with van der Waals surface area (Å²) in [6.45, 7) is 3.93. The van der Waals surface area contributed by atoms with E-state index in [2.05, 4.69) is 20.6 Å². The predicted octanol–water partition coefficient (Wildman–Crippen LogP) is 3.21. The minimum Gasteiger partial charge on any atom is -0.396 e. The lowest BCUT2D eigenvalue weighted by atomic mass is 9.95. The molecule has 1 aromatic carbocycles. The summed E-state index contributed by atoms with van der Waals surface area (Å²) >= 11 is 5.83. The number of nitrogens with one attached hydrogen (secondary N) is 2. The van der Waals surface area contributed by atoms with Gasteiger partial charge in [-0.25, -0.2) is 4.98 Å². The summed E-state index contributed by atoms with van der Waals surface area (Å²) in [6, 6.07) is 6.90. The first-order valence-electron chi connectivity index (χ1n) is 7.19. The van der Waals surface area contributed by atoms with Gasteiger partial charge in [-0.3, -0.25) is 10.1 Å². The fraction of sp³-hybridized carbons (Fsp3) is 0.333. The van der Waals surface area contributed by atoms with Gasteiger partial charge in [0.15, 0.2) is 0 Å². The van der Waals surface area contributed by atoms with Crippen LogP contribution in [0.25, 0.3) is 0 Å². The first-order chi connectivity index (χ1) is 11.3. The van der Waals surface area contributed by atoms with E-state index in [-0.39, 0.29) is 24.1 Å². The zero-order valence-corrected chi connectivity index (χ0v) is 14.0. The molecule has 2 aromatic rings. The summed E-state index contributed by atoms with van der Waals surface area (Å²) in [5.41, 5.74) is 0.0306. The molecule has 24 heavy (non-hydrogen) atoms. The van der Waals surface area contributed by atoms with Crippen LogP contribution in [0, 0.1) is 15.5 Å². The predicted molar refractivity (Wildman–Crippen MR) is 92.8 cm³/mol. The highest BCUT2D eigenvalue weighted by Crippen LogP contribution is 2.25. The Balaban J connectivity index is 2.23. The van der Waals surface area contributed by atoms with E-state index >= 15 is 0 Å². The number of halogens is 1. The highest BCUT2D eigenvalue weighted by Gasteiger charge is 2.21. The third-order valence-electron chi connectivity index (χ3n) is 3.23. The number of nitrogens with zero attached hydrogens (tertiary/aromatic N) is 3. The van der Waals surface area contributed by atoms with Crippen LogP contribution in [0.4, 0.5) is 23.1 Å². The Morgan fingerprint density at radius 3 is 2.58 bits per heavy atom. The van der Waals surface area contributed by atoms with E-state index in [1.807, 2.05) is 13.8 Å². The Bertz CT molecular complexity index is 722. The van der Waals surface area contributed by atoms with Gasteiger partial charge in [0, 0.05) is 29.3 Å². The number of aromatic nitrogens is 2. The Labute approximate surface area is 144 Å². The molecule has 0 spiro atoms. The van der Waals surface area contributed by atoms with Gasteiger partial charge in [-0.05, 0) is 24.3 Å². The minimum absolute atomic E-state index is 0.0608. The van der Waals surface area contributed by atoms with E-state index in [1.165, 1.54) is 0 Å². The maximum atomic E-state index is 11.1. The van der Waals surface area contributed by atoms with Gasteiger partial charge in [0.1, 0.15) is 6.20 Å². The second-order valence-corrected chi connectivity index (χ2v) is 6.43. The maximum Gasteiger partial charge on any atom is 0.329 e. The average molecular weight is 352 g/mol. The van der Waals surface area contributed by atoms with Gasteiger partial charge in [-0.1, -0.05) is 25.4 Å². The zero-order chi connectivity index (χ0) is 17.7. The average Bonchev–Trinajstić information content (AvgIpc) is 2.55. The molecule has 1 aromatic heterocycles. The second-order valence-electron chi connectivity index (χ2n) is 5.99. The van der Waals surface area contributed by atoms with Crippen LogP contribution in [-0.2, 0) is 0 Å². The Hall–Kier alpha value is -2.45. The van der Waals surface area contributed by atoms with Crippen LogP contribution in [0.3, 0.4) is 0 Å². The molecule has 0 aliphatic heterocycles. The molecule has 9 heteroatoms. The lowest BCUT2D eigenvalue weighted by Crippen LogP contribution is -2.27. The number of hydrogen-bond donors (Lipinski definition) is 3. The van der Waals surface area contributed by atoms with Crippen LogP contribution >= 0.6 is 11.6 Å². The smallest absolute Gasteiger partial charge is 0.329 e. The van der Waals surface area contributed by atoms with E-state index in [4.69, 9.17) is 11.6 Å². The molecule has 0 aliphatic carbocycles. The van der Waals surface area contributed by atoms with Crippen molar-refractivity contribution in [3.8, 4) is 0 Å². The van der Waals surface area contributed by atoms with Crippen molar-refractivity contribution in [3.05, 3.63) is 45.6 Å². The fourth-order valence-electron chi connectivity index (χ4n) is 1.74. The number of anilines is 3. The van der Waals surface area contributed by atoms with Crippen molar-refractivity contribution in [1.29, 1.82) is 0 Å². The number of aliphatic hydroxyl groups excluding tert-OH is 1. The van der Waals surface area contributed by atoms with E-state index in [0.717, 1.165) is 6.20 Å². The molecule has 0 aliphatic rings. The summed E-state index contributed by atoms with van der Waals surface area (Å²) in [5.74, 6) is 0.306. The van der Waals surface area contributed by atoms with Crippen LogP contribution in [0.2, 0.25) is 5.02 Å². The molecule has 2 rings (SSSR count). The third-order valence-corrected chi connectivity index (χ3v) is 3.48. The third kappa shape index (κ3) is 4.77. The quantitative estimate of drug-likeness (QED) is 0.518. The summed E-state index contributed by atoms with van der Waals surface area (Å²) in [5, 5.41) is 26.9. The van der Waals surface area contributed by atoms with Crippen LogP contribution in [0.1, 0.15) is 13.8 Å². The molecule has 0 bridgehead atoms. The van der Waals surface area contributed by atoms with Gasteiger partial charge in [-0.15, -0.1) is 0 Å². The van der Waals surface area contributed by atoms with Gasteiger partial charge < -0.3 is 15.7 Å². The lowest BCUT2D eigenvalue weighted by Gasteiger charge is -2.22. The van der Waals surface area contributed by atoms with Crippen LogP contribution in [0.5, 0.6) is 0 Å². The van der Waals surface area contributed by atoms with Crippen molar-refractivity contribution >= 4 is 34.7 Å². The van der Waals surface area contributed by atoms with E-state index in [0.29, 0.717) is 17.3 Å². The molecule has 0 fully saturated rings. The minimum atomic E-state index is -0.555. The van der Waals surface area contributed by atoms with Crippen molar-refractivity contribution in [2.75, 3.05) is 23.8 Å². The van der Waals surface area contributed by atoms with Crippen molar-refractivity contribution in [2.24, 2.45) is 5.41 Å². The molecule has 8 nitrogen and oxygen atoms in total. The molecule has 0 amide bonds. The van der Waals surface area contributed by atoms with Gasteiger partial charge in [-0.2, -0.15) is 4.98 Å². The van der Waals surface area contributed by atoms with E-state index in [1.54, 1.807) is 24.3 Å². The van der Waals surface area contributed by atoms with E-state index < -0.39 is 10.3 Å². The van der Waals surface area contributed by atoms with Crippen molar-refractivity contribution < 1.29 is 10.0 Å². The Morgan fingerprint density at radius 2 is 2.00 bits per heavy atom. The van der Waals surface area contributed by atoms with Gasteiger partial charge in [0.2, 0.25) is 11.8 Å². The zero-order valence-electron chi connectivity index (χ0n) is 13.3. The monoisotopic (exact) mass is 351 g/mol. The molecule has 0 unspecified atom stereocenters. The first-order valence-corrected chi connectivity index (χ1v) is 7.57. The van der Waals surface area contributed by atoms with E-state index in [9.17, 15) is 15.2 Å². The fourth-order valence-corrected chi connectivity index (χ4v) is 1.87. The molecule has 0 saturated heterocycles. The van der Waals surface area contributed by atoms with Crippen LogP contribution in [-0.4, -0.2) is 33.1 Å². The van der Waals surface area contributed by atoms with Crippen molar-refractivity contribution in [3.63, 3.8) is 0 Å². The lowest BCUT2D eigenvalue weighted by molar-refractivity contribution is -0.384. The Morgan fingerprint density at radius 1 is 1.33 bits per heavy atom. The molecular weight excluding hydrogens is 334 g/mol. The summed E-state index contributed by atoms with van der Waals surface area (Å²) in [6.07, 6.45) is 1.14. The molecule has 0 radical (unpaired) electrons. The second kappa shape index (κ2) is 7.41. The number of hydrogen-bond acceptors (Lipinski definition) is 7. The van der Waals surface area contributed by atoms with Crippen LogP contribution < -0.4 is 10.6 Å². The summed E-state index contributed by atoms with van der Waals surface area (Å²) < 4.78 is 0. The first kappa shape index (κ1) is 17.9. The number of rotatable bonds is 7. The number of aliphatic hydroxyl groups is 1. The van der Waals surface area contributed by atoms with Crippen molar-refractivity contribution in [1.82, 2.24) is 9.97 Å². The standard InChI is InChI=1S/C15H18ClN5O3/c1-15(2,9-22)8-18-13-12(21(23)24)7-17-14(20-13)19-11-5-3-10(16)4-6-11/h3-7,22H,8-9H2,1-2H3,(H2,17,18,19,20). The SMILES string of the molecule is CC(C)(CO)CNc1nc(Nc2ccc(Cl)cc2)ncc1[N+](=O)[O-]. The molecular formula is C15H18ClN5O3. The molecule has 0 atom stereocenters. The number of benzene rings is 1. The largest absolute Gasteiger partial charge is 0.396 e. The maximum absolute atomic E-state index is 11.1. The van der Waals surface area contributed by atoms with Crippen LogP contribution in [0.15, 0.2) is 30.5 Å². The van der Waals surface area contributed by atoms with Gasteiger partial charge in [0.05, 0.1) is 4.92 Å². The molecule has 0 saturated carbocycles. The molecule has 128 valence electrons. The van der Waals surface area contributed by atoms with Gasteiger partial charge >= 0.3 is 5.69 Å². The topological polar surface area (TPSA) is 113 Å². The summed E-state index contributed by atoms with van der Waals surface area (Å²) in [4.78, 5) is 18.7. The molecule has 3 N–H and O–H groups in total. The highest BCUT2D eigenvalue weighted by atomic mass is 35.5. The molecule has 1 heterocycles. The normalized spacial score (nSPS) is 11.2. The number of nitro groups is 1.